The second kappa shape index (κ2) is 45.0. The molecule has 0 heterocycles. The number of unbranched alkanes of at least 4 members (excludes halogenated alkanes) is 12. The average molecular weight is 1330 g/mol. The van der Waals surface area contributed by atoms with Gasteiger partial charge in [-0.15, -0.1) is 0 Å². The van der Waals surface area contributed by atoms with Crippen molar-refractivity contribution in [2.45, 2.75) is 234 Å². The van der Waals surface area contributed by atoms with Crippen LogP contribution >= 0.6 is 0 Å². The number of hydrogen-bond acceptors (Lipinski definition) is 16. The van der Waals surface area contributed by atoms with Gasteiger partial charge < -0.3 is 47.4 Å². The largest absolute Gasteiger partial charge is 0.493 e. The van der Waals surface area contributed by atoms with E-state index in [4.69, 9.17) is 47.4 Å². The smallest absolute Gasteiger partial charge is 0.333 e. The van der Waals surface area contributed by atoms with Crippen molar-refractivity contribution in [3.63, 3.8) is 0 Å². The molecule has 0 aromatic heterocycles. The molecule has 1 aliphatic rings. The summed E-state index contributed by atoms with van der Waals surface area (Å²) in [6.45, 7) is 20.9. The highest BCUT2D eigenvalue weighted by molar-refractivity contribution is 5.91. The van der Waals surface area contributed by atoms with E-state index in [0.717, 1.165) is 184 Å². The van der Waals surface area contributed by atoms with Gasteiger partial charge in [0.15, 0.2) is 0 Å². The molecule has 0 aliphatic heterocycles. The average Bonchev–Trinajstić information content (AvgIpc) is 0.789. The number of methoxy groups -OCH3 is 2. The van der Waals surface area contributed by atoms with Gasteiger partial charge in [0, 0.05) is 62.5 Å². The van der Waals surface area contributed by atoms with E-state index in [1.54, 1.807) is 13.8 Å². The van der Waals surface area contributed by atoms with Crippen molar-refractivity contribution in [1.82, 2.24) is 0 Å². The van der Waals surface area contributed by atoms with Crippen LogP contribution in [0.15, 0.2) is 72.8 Å². The lowest BCUT2D eigenvalue weighted by molar-refractivity contribution is -0.155. The molecule has 5 rings (SSSR count). The molecule has 0 fully saturated rings. The van der Waals surface area contributed by atoms with Crippen LogP contribution in [-0.2, 0) is 109 Å². The minimum absolute atomic E-state index is 0.0268. The highest BCUT2D eigenvalue weighted by atomic mass is 16.6. The molecule has 0 N–H and O–H groups in total. The Kier molecular flexibility index (Phi) is 37.1. The van der Waals surface area contributed by atoms with Crippen molar-refractivity contribution in [1.29, 1.82) is 0 Å². The highest BCUT2D eigenvalue weighted by Crippen LogP contribution is 2.42. The second-order valence-corrected chi connectivity index (χ2v) is 25.5. The first kappa shape index (κ1) is 79.1. The fraction of sp³-hybridized carbons (Fsp3) is 0.575. The third kappa shape index (κ3) is 28.6. The fourth-order valence-electron chi connectivity index (χ4n) is 11.9. The Morgan fingerprint density at radius 3 is 0.750 bits per heavy atom. The van der Waals surface area contributed by atoms with Gasteiger partial charge in [0.25, 0.3) is 0 Å². The Balaban J connectivity index is 1.90. The van der Waals surface area contributed by atoms with Gasteiger partial charge in [-0.05, 0) is 132 Å². The van der Waals surface area contributed by atoms with E-state index in [1.807, 2.05) is 0 Å². The molecule has 0 spiro atoms. The molecular weight excluding hydrogens is 1220 g/mol. The van der Waals surface area contributed by atoms with Crippen LogP contribution in [0.2, 0.25) is 0 Å². The van der Waals surface area contributed by atoms with Gasteiger partial charge in [0.2, 0.25) is 0 Å². The monoisotopic (exact) mass is 1330 g/mol. The van der Waals surface area contributed by atoms with Crippen LogP contribution < -0.4 is 18.9 Å². The molecule has 0 saturated heterocycles. The molecule has 0 atom stereocenters. The summed E-state index contributed by atoms with van der Waals surface area (Å²) in [6, 6.07) is 18.4. The lowest BCUT2D eigenvalue weighted by atomic mass is 9.87. The number of hydrogen-bond donors (Lipinski definition) is 0. The molecule has 16 heteroatoms. The summed E-state index contributed by atoms with van der Waals surface area (Å²) < 4.78 is 60.3. The Morgan fingerprint density at radius 2 is 0.542 bits per heavy atom. The highest BCUT2D eigenvalue weighted by Gasteiger charge is 2.26. The molecule has 1 aliphatic carbocycles. The SMILES string of the molecule is C=C(C)C(=O)OCCCOc1c2cc(CCCCCC)cc1Cc1cc(CCCCCC)cc(c1OCCCOC(=O)CC(=O)OC)Cc1cc(CCCCCC)cc(c1OCCCOC(=O)C(=C)C)Cc1cc(CCCCCC)cc(c1OCCCOC(=O)CC(=O)OC)C2. The molecular formula is C80H112O16. The van der Waals surface area contributed by atoms with Crippen molar-refractivity contribution < 1.29 is 76.1 Å². The van der Waals surface area contributed by atoms with E-state index in [0.29, 0.717) is 74.0 Å². The summed E-state index contributed by atoms with van der Waals surface area (Å²) in [7, 11) is 2.47. The van der Waals surface area contributed by atoms with Crippen LogP contribution in [0.5, 0.6) is 23.0 Å². The van der Waals surface area contributed by atoms with Gasteiger partial charge in [0.05, 0.1) is 67.1 Å². The van der Waals surface area contributed by atoms with Gasteiger partial charge in [-0.1, -0.05) is 166 Å². The first-order valence-corrected chi connectivity index (χ1v) is 35.7. The minimum Gasteiger partial charge on any atom is -0.493 e. The van der Waals surface area contributed by atoms with Crippen molar-refractivity contribution in [3.05, 3.63) is 140 Å². The van der Waals surface area contributed by atoms with Crippen molar-refractivity contribution in [2.75, 3.05) is 67.1 Å². The number of ether oxygens (including phenoxy) is 10. The first-order valence-electron chi connectivity index (χ1n) is 35.7. The summed E-state index contributed by atoms with van der Waals surface area (Å²) in [6.07, 6.45) is 22.8. The van der Waals surface area contributed by atoms with Crippen LogP contribution in [0.25, 0.3) is 0 Å². The molecule has 0 saturated carbocycles. The van der Waals surface area contributed by atoms with Gasteiger partial charge in [-0.25, -0.2) is 9.59 Å². The quantitative estimate of drug-likeness (QED) is 0.0117. The Morgan fingerprint density at radius 1 is 0.312 bits per heavy atom. The van der Waals surface area contributed by atoms with E-state index in [-0.39, 0.29) is 52.9 Å². The lowest BCUT2D eigenvalue weighted by Crippen LogP contribution is -2.15. The Labute approximate surface area is 573 Å². The summed E-state index contributed by atoms with van der Waals surface area (Å²) in [4.78, 5) is 74.8. The predicted molar refractivity (Wildman–Crippen MR) is 376 cm³/mol. The maximum atomic E-state index is 12.7. The first-order chi connectivity index (χ1) is 46.5. The third-order valence-corrected chi connectivity index (χ3v) is 16.9. The second-order valence-electron chi connectivity index (χ2n) is 25.5. The molecule has 528 valence electrons. The number of aryl methyl sites for hydroxylation is 4. The number of carbonyl (C=O) groups excluding carboxylic acids is 6. The van der Waals surface area contributed by atoms with Gasteiger partial charge in [-0.2, -0.15) is 0 Å². The number of esters is 6. The summed E-state index contributed by atoms with van der Waals surface area (Å²) in [5.74, 6) is -0.729. The summed E-state index contributed by atoms with van der Waals surface area (Å²) in [5, 5.41) is 0. The predicted octanol–water partition coefficient (Wildman–Crippen LogP) is 16.4. The van der Waals surface area contributed by atoms with Crippen LogP contribution in [-0.4, -0.2) is 103 Å². The van der Waals surface area contributed by atoms with Crippen molar-refractivity contribution >= 4 is 35.8 Å². The standard InChI is InChI=1S/C80H112O16/c1-11-15-19-23-31-59-43-63-51-67-47-61(33-25-21-17-13-3)49-69(77(67)93-39-29-41-95-79(85)57(5)6)53-65-45-60(32-24-20-16-12-2)46-66(76(65)92-38-28-36-90-74(84)56-72(82)88-10)54-70-50-62(34-26-22-18-14-4)48-68(78(70)94-40-30-42-96-80(86)58(7)8)52-64(44-59)75(63)91-37-27-35-89-73(83)55-71(81)87-9/h43-50H,5,7,11-42,51-56H2,1-4,6,8-10H3. The van der Waals surface area contributed by atoms with Crippen molar-refractivity contribution in [2.24, 2.45) is 0 Å². The van der Waals surface area contributed by atoms with Crippen molar-refractivity contribution in [3.8, 4) is 23.0 Å². The van der Waals surface area contributed by atoms with E-state index < -0.39 is 48.7 Å². The number of carbonyl (C=O) groups is 6. The topological polar surface area (TPSA) is 195 Å². The van der Waals surface area contributed by atoms with E-state index in [1.165, 1.54) is 36.5 Å². The third-order valence-electron chi connectivity index (χ3n) is 16.9. The van der Waals surface area contributed by atoms with E-state index >= 15 is 0 Å². The lowest BCUT2D eigenvalue weighted by Gasteiger charge is -2.25. The Bertz CT molecular complexity index is 2830. The number of fused-ring (bicyclic) bond motifs is 8. The maximum Gasteiger partial charge on any atom is 0.333 e. The molecule has 96 heavy (non-hydrogen) atoms. The zero-order valence-corrected chi connectivity index (χ0v) is 59.4. The van der Waals surface area contributed by atoms with Crippen LogP contribution in [0, 0.1) is 0 Å². The minimum atomic E-state index is -0.674. The molecule has 8 bridgehead atoms. The molecule has 4 aromatic carbocycles. The normalized spacial score (nSPS) is 11.7. The van der Waals surface area contributed by atoms with Gasteiger partial charge in [0.1, 0.15) is 35.8 Å². The summed E-state index contributed by atoms with van der Waals surface area (Å²) >= 11 is 0. The number of benzene rings is 4. The molecule has 0 amide bonds. The molecule has 0 radical (unpaired) electrons. The zero-order valence-electron chi connectivity index (χ0n) is 59.4. The van der Waals surface area contributed by atoms with Gasteiger partial charge >= 0.3 is 35.8 Å². The maximum absolute atomic E-state index is 12.7. The van der Waals surface area contributed by atoms with E-state index in [9.17, 15) is 28.8 Å². The Hall–Kier alpha value is -7.62. The van der Waals surface area contributed by atoms with Crippen LogP contribution in [0.1, 0.15) is 250 Å². The van der Waals surface area contributed by atoms with Gasteiger partial charge in [-0.3, -0.25) is 19.2 Å². The van der Waals surface area contributed by atoms with E-state index in [2.05, 4.69) is 89.4 Å². The zero-order chi connectivity index (χ0) is 69.5. The summed E-state index contributed by atoms with van der Waals surface area (Å²) in [5.41, 5.74) is 13.1. The molecule has 16 nitrogen and oxygen atoms in total. The number of rotatable bonds is 46. The van der Waals surface area contributed by atoms with Crippen LogP contribution in [0.4, 0.5) is 0 Å². The molecule has 0 unspecified atom stereocenters. The van der Waals surface area contributed by atoms with Crippen LogP contribution in [0.3, 0.4) is 0 Å². The molecule has 4 aromatic rings. The fourth-order valence-corrected chi connectivity index (χ4v) is 11.9.